The summed E-state index contributed by atoms with van der Waals surface area (Å²) in [5.41, 5.74) is 0. The first-order valence-electron chi connectivity index (χ1n) is 8.23. The first-order chi connectivity index (χ1) is 8.79. The molecule has 0 aromatic rings. The van der Waals surface area contributed by atoms with Gasteiger partial charge in [-0.25, -0.2) is 0 Å². The van der Waals surface area contributed by atoms with Crippen LogP contribution in [0, 0.1) is 5.92 Å². The zero-order valence-electron chi connectivity index (χ0n) is 12.5. The molecule has 3 atom stereocenters. The summed E-state index contributed by atoms with van der Waals surface area (Å²) < 4.78 is 0. The molecule has 1 aliphatic carbocycles. The van der Waals surface area contributed by atoms with Crippen LogP contribution in [-0.4, -0.2) is 37.1 Å². The van der Waals surface area contributed by atoms with Gasteiger partial charge in [0.05, 0.1) is 0 Å². The Balaban J connectivity index is 1.68. The van der Waals surface area contributed by atoms with E-state index in [2.05, 4.69) is 24.2 Å². The topological polar surface area (TPSA) is 15.3 Å². The minimum absolute atomic E-state index is 0.798. The van der Waals surface area contributed by atoms with Crippen LogP contribution in [0.5, 0.6) is 0 Å². The second kappa shape index (κ2) is 7.49. The molecule has 1 aliphatic heterocycles. The monoisotopic (exact) mass is 252 g/mol. The fourth-order valence-electron chi connectivity index (χ4n) is 3.75. The molecule has 0 aromatic heterocycles. The van der Waals surface area contributed by atoms with E-state index >= 15 is 0 Å². The molecule has 1 heterocycles. The number of nitrogens with one attached hydrogen (secondary N) is 1. The van der Waals surface area contributed by atoms with Crippen molar-refractivity contribution in [2.24, 2.45) is 5.92 Å². The molecule has 2 rings (SSSR count). The molecule has 3 unspecified atom stereocenters. The third kappa shape index (κ3) is 4.24. The molecule has 1 saturated carbocycles. The Bertz CT molecular complexity index is 223. The van der Waals surface area contributed by atoms with Crippen molar-refractivity contribution in [1.29, 1.82) is 0 Å². The summed E-state index contributed by atoms with van der Waals surface area (Å²) in [6.07, 6.45) is 12.8. The van der Waals surface area contributed by atoms with Gasteiger partial charge in [0, 0.05) is 12.1 Å². The molecule has 2 fully saturated rings. The van der Waals surface area contributed by atoms with E-state index < -0.39 is 0 Å². The van der Waals surface area contributed by atoms with Crippen molar-refractivity contribution in [3.05, 3.63) is 0 Å². The molecule has 1 saturated heterocycles. The number of nitrogens with zero attached hydrogens (tertiary/aromatic N) is 1. The van der Waals surface area contributed by atoms with E-state index in [9.17, 15) is 0 Å². The van der Waals surface area contributed by atoms with Crippen molar-refractivity contribution in [1.82, 2.24) is 10.2 Å². The summed E-state index contributed by atoms with van der Waals surface area (Å²) in [4.78, 5) is 2.65. The fraction of sp³-hybridized carbons (Fsp3) is 1.00. The molecule has 0 aromatic carbocycles. The molecular formula is C16H32N2. The molecule has 2 heteroatoms. The van der Waals surface area contributed by atoms with Gasteiger partial charge >= 0.3 is 0 Å². The van der Waals surface area contributed by atoms with Gasteiger partial charge < -0.3 is 10.2 Å². The van der Waals surface area contributed by atoms with Gasteiger partial charge in [-0.15, -0.1) is 0 Å². The predicted octanol–water partition coefficient (Wildman–Crippen LogP) is 3.42. The number of hydrogen-bond donors (Lipinski definition) is 1. The maximum Gasteiger partial charge on any atom is 0.00948 e. The number of rotatable bonds is 5. The summed E-state index contributed by atoms with van der Waals surface area (Å²) in [7, 11) is 2.35. The first kappa shape index (κ1) is 14.3. The van der Waals surface area contributed by atoms with E-state index in [0.29, 0.717) is 0 Å². The molecule has 0 spiro atoms. The van der Waals surface area contributed by atoms with Gasteiger partial charge in [0.1, 0.15) is 0 Å². The minimum atomic E-state index is 0.798. The molecule has 0 radical (unpaired) electrons. The van der Waals surface area contributed by atoms with Gasteiger partial charge in [-0.3, -0.25) is 0 Å². The van der Waals surface area contributed by atoms with E-state index in [-0.39, 0.29) is 0 Å². The summed E-state index contributed by atoms with van der Waals surface area (Å²) in [6.45, 7) is 4.90. The lowest BCUT2D eigenvalue weighted by molar-refractivity contribution is 0.148. The molecule has 2 aliphatic rings. The largest absolute Gasteiger partial charge is 0.314 e. The van der Waals surface area contributed by atoms with Crippen molar-refractivity contribution in [3.63, 3.8) is 0 Å². The second-order valence-corrected chi connectivity index (χ2v) is 6.51. The Kier molecular flexibility index (Phi) is 5.97. The minimum Gasteiger partial charge on any atom is -0.314 e. The Morgan fingerprint density at radius 2 is 2.00 bits per heavy atom. The Labute approximate surface area is 114 Å². The van der Waals surface area contributed by atoms with Crippen molar-refractivity contribution < 1.29 is 0 Å². The molecule has 18 heavy (non-hydrogen) atoms. The van der Waals surface area contributed by atoms with Crippen LogP contribution >= 0.6 is 0 Å². The summed E-state index contributed by atoms with van der Waals surface area (Å²) in [6, 6.07) is 1.67. The molecule has 0 amide bonds. The first-order valence-corrected chi connectivity index (χ1v) is 8.23. The zero-order chi connectivity index (χ0) is 12.8. The summed E-state index contributed by atoms with van der Waals surface area (Å²) >= 11 is 0. The van der Waals surface area contributed by atoms with Crippen LogP contribution in [0.4, 0.5) is 0 Å². The predicted molar refractivity (Wildman–Crippen MR) is 78.9 cm³/mol. The van der Waals surface area contributed by atoms with Gasteiger partial charge in [-0.2, -0.15) is 0 Å². The van der Waals surface area contributed by atoms with E-state index in [1.54, 1.807) is 0 Å². The SMILES string of the molecule is CCC1CCCC(N(C)CCC2CCCCN2)C1. The number of hydrogen-bond acceptors (Lipinski definition) is 2. The molecule has 106 valence electrons. The van der Waals surface area contributed by atoms with Crippen LogP contribution in [0.15, 0.2) is 0 Å². The Morgan fingerprint density at radius 3 is 2.72 bits per heavy atom. The van der Waals surface area contributed by atoms with E-state index in [1.165, 1.54) is 70.9 Å². The quantitative estimate of drug-likeness (QED) is 0.806. The normalized spacial score (nSPS) is 33.8. The van der Waals surface area contributed by atoms with Gasteiger partial charge in [-0.05, 0) is 58.2 Å². The fourth-order valence-corrected chi connectivity index (χ4v) is 3.75. The summed E-state index contributed by atoms with van der Waals surface area (Å²) in [5.74, 6) is 0.999. The lowest BCUT2D eigenvalue weighted by atomic mass is 9.83. The highest BCUT2D eigenvalue weighted by molar-refractivity contribution is 4.80. The van der Waals surface area contributed by atoms with Gasteiger partial charge in [0.15, 0.2) is 0 Å². The highest BCUT2D eigenvalue weighted by Gasteiger charge is 2.24. The highest BCUT2D eigenvalue weighted by Crippen LogP contribution is 2.29. The second-order valence-electron chi connectivity index (χ2n) is 6.51. The summed E-state index contributed by atoms with van der Waals surface area (Å²) in [5, 5.41) is 3.67. The molecule has 0 bridgehead atoms. The van der Waals surface area contributed by atoms with E-state index in [4.69, 9.17) is 0 Å². The highest BCUT2D eigenvalue weighted by atomic mass is 15.1. The smallest absolute Gasteiger partial charge is 0.00948 e. The molecule has 2 nitrogen and oxygen atoms in total. The lowest BCUT2D eigenvalue weighted by Gasteiger charge is -2.36. The van der Waals surface area contributed by atoms with Gasteiger partial charge in [-0.1, -0.05) is 32.6 Å². The zero-order valence-corrected chi connectivity index (χ0v) is 12.5. The van der Waals surface area contributed by atoms with Crippen molar-refractivity contribution in [2.45, 2.75) is 76.8 Å². The lowest BCUT2D eigenvalue weighted by Crippen LogP contribution is -2.41. The van der Waals surface area contributed by atoms with Crippen LogP contribution in [0.1, 0.15) is 64.7 Å². The Morgan fingerprint density at radius 1 is 1.11 bits per heavy atom. The van der Waals surface area contributed by atoms with Crippen LogP contribution < -0.4 is 5.32 Å². The van der Waals surface area contributed by atoms with Gasteiger partial charge in [0.2, 0.25) is 0 Å². The van der Waals surface area contributed by atoms with Crippen molar-refractivity contribution in [2.75, 3.05) is 20.1 Å². The third-order valence-corrected chi connectivity index (χ3v) is 5.20. The maximum absolute atomic E-state index is 3.67. The average molecular weight is 252 g/mol. The van der Waals surface area contributed by atoms with Crippen LogP contribution in [-0.2, 0) is 0 Å². The van der Waals surface area contributed by atoms with Crippen LogP contribution in [0.2, 0.25) is 0 Å². The maximum atomic E-state index is 3.67. The van der Waals surface area contributed by atoms with E-state index in [0.717, 1.165) is 18.0 Å². The van der Waals surface area contributed by atoms with Gasteiger partial charge in [0.25, 0.3) is 0 Å². The third-order valence-electron chi connectivity index (χ3n) is 5.20. The number of piperidine rings is 1. The standard InChI is InChI=1S/C16H32N2/c1-3-14-7-6-9-16(13-14)18(2)12-10-15-8-4-5-11-17-15/h14-17H,3-13H2,1-2H3. The van der Waals surface area contributed by atoms with Crippen molar-refractivity contribution in [3.8, 4) is 0 Å². The Hall–Kier alpha value is -0.0800. The van der Waals surface area contributed by atoms with Crippen LogP contribution in [0.3, 0.4) is 0 Å². The van der Waals surface area contributed by atoms with Crippen LogP contribution in [0.25, 0.3) is 0 Å². The average Bonchev–Trinajstić information content (AvgIpc) is 2.46. The molecular weight excluding hydrogens is 220 g/mol. The van der Waals surface area contributed by atoms with Crippen molar-refractivity contribution >= 4 is 0 Å². The van der Waals surface area contributed by atoms with E-state index in [1.807, 2.05) is 0 Å². The molecule has 1 N–H and O–H groups in total.